The van der Waals surface area contributed by atoms with Gasteiger partial charge in [0.2, 0.25) is 0 Å². The highest BCUT2D eigenvalue weighted by Gasteiger charge is 2.23. The quantitative estimate of drug-likeness (QED) is 0.908. The summed E-state index contributed by atoms with van der Waals surface area (Å²) in [5, 5.41) is 9.30. The molecule has 2 nitrogen and oxygen atoms in total. The van der Waals surface area contributed by atoms with Gasteiger partial charge in [0.05, 0.1) is 5.92 Å². The van der Waals surface area contributed by atoms with Crippen molar-refractivity contribution in [1.82, 2.24) is 0 Å². The van der Waals surface area contributed by atoms with E-state index >= 15 is 0 Å². The van der Waals surface area contributed by atoms with Gasteiger partial charge in [0.1, 0.15) is 11.6 Å². The summed E-state index contributed by atoms with van der Waals surface area (Å²) < 4.78 is 28.0. The predicted octanol–water partition coefficient (Wildman–Crippen LogP) is 4.14. The molecule has 0 saturated heterocycles. The van der Waals surface area contributed by atoms with Crippen LogP contribution in [0.15, 0.2) is 46.9 Å². The molecule has 0 aromatic heterocycles. The second kappa shape index (κ2) is 6.13. The fraction of sp³-hybridized carbons (Fsp3) is 0.133. The van der Waals surface area contributed by atoms with Crippen molar-refractivity contribution < 1.29 is 18.7 Å². The van der Waals surface area contributed by atoms with Crippen molar-refractivity contribution in [3.8, 4) is 0 Å². The number of aliphatic carboxylic acids is 1. The minimum atomic E-state index is -1.12. The van der Waals surface area contributed by atoms with Crippen molar-refractivity contribution in [3.63, 3.8) is 0 Å². The van der Waals surface area contributed by atoms with Crippen molar-refractivity contribution in [1.29, 1.82) is 0 Å². The van der Waals surface area contributed by atoms with E-state index in [0.29, 0.717) is 5.56 Å². The Morgan fingerprint density at radius 2 is 1.75 bits per heavy atom. The molecule has 0 amide bonds. The van der Waals surface area contributed by atoms with E-state index in [9.17, 15) is 18.7 Å². The number of rotatable bonds is 4. The smallest absolute Gasteiger partial charge is 0.311 e. The zero-order valence-corrected chi connectivity index (χ0v) is 11.9. The van der Waals surface area contributed by atoms with Gasteiger partial charge in [-0.25, -0.2) is 8.78 Å². The Labute approximate surface area is 123 Å². The van der Waals surface area contributed by atoms with E-state index in [4.69, 9.17) is 0 Å². The Kier molecular flexibility index (Phi) is 4.49. The molecule has 0 aliphatic carbocycles. The molecule has 0 spiro atoms. The third kappa shape index (κ3) is 3.22. The van der Waals surface area contributed by atoms with Crippen molar-refractivity contribution in [3.05, 3.63) is 69.7 Å². The second-order valence-electron chi connectivity index (χ2n) is 4.35. The Morgan fingerprint density at radius 1 is 1.15 bits per heavy atom. The normalized spacial score (nSPS) is 12.2. The lowest BCUT2D eigenvalue weighted by atomic mass is 9.91. The first-order chi connectivity index (χ1) is 9.49. The molecule has 2 aromatic carbocycles. The summed E-state index contributed by atoms with van der Waals surface area (Å²) in [6, 6.07) is 10.2. The van der Waals surface area contributed by atoms with E-state index in [0.717, 1.165) is 16.6 Å². The average Bonchev–Trinajstić information content (AvgIpc) is 2.38. The van der Waals surface area contributed by atoms with Crippen molar-refractivity contribution in [2.45, 2.75) is 12.3 Å². The van der Waals surface area contributed by atoms with Gasteiger partial charge in [-0.3, -0.25) is 4.79 Å². The van der Waals surface area contributed by atoms with Crippen LogP contribution in [0.1, 0.15) is 17.0 Å². The lowest BCUT2D eigenvalue weighted by molar-refractivity contribution is -0.138. The summed E-state index contributed by atoms with van der Waals surface area (Å²) >= 11 is 3.25. The third-order valence-electron chi connectivity index (χ3n) is 3.02. The van der Waals surface area contributed by atoms with Crippen molar-refractivity contribution in [2.75, 3.05) is 0 Å². The molecule has 0 fully saturated rings. The van der Waals surface area contributed by atoms with Crippen molar-refractivity contribution in [2.24, 2.45) is 0 Å². The molecule has 5 heteroatoms. The number of carboxylic acids is 1. The molecule has 0 heterocycles. The Bertz CT molecular complexity index is 623. The topological polar surface area (TPSA) is 37.3 Å². The monoisotopic (exact) mass is 340 g/mol. The van der Waals surface area contributed by atoms with Gasteiger partial charge in [-0.2, -0.15) is 0 Å². The lowest BCUT2D eigenvalue weighted by Gasteiger charge is -2.14. The van der Waals surface area contributed by atoms with Gasteiger partial charge in [-0.15, -0.1) is 0 Å². The molecule has 0 radical (unpaired) electrons. The first-order valence-corrected chi connectivity index (χ1v) is 6.69. The highest BCUT2D eigenvalue weighted by atomic mass is 79.9. The van der Waals surface area contributed by atoms with Crippen LogP contribution in [0, 0.1) is 11.6 Å². The summed E-state index contributed by atoms with van der Waals surface area (Å²) in [5.74, 6) is -3.58. The van der Waals surface area contributed by atoms with E-state index in [-0.39, 0.29) is 12.0 Å². The molecule has 0 aliphatic heterocycles. The fourth-order valence-electron chi connectivity index (χ4n) is 2.00. The molecule has 0 saturated carbocycles. The van der Waals surface area contributed by atoms with E-state index in [2.05, 4.69) is 15.9 Å². The fourth-order valence-corrected chi connectivity index (χ4v) is 2.42. The summed E-state index contributed by atoms with van der Waals surface area (Å²) in [6.45, 7) is 0. The van der Waals surface area contributed by atoms with Crippen LogP contribution in [0.3, 0.4) is 0 Å². The molecule has 0 aliphatic rings. The number of benzene rings is 2. The van der Waals surface area contributed by atoms with Crippen LogP contribution in [0.25, 0.3) is 0 Å². The van der Waals surface area contributed by atoms with E-state index in [1.807, 2.05) is 0 Å². The summed E-state index contributed by atoms with van der Waals surface area (Å²) in [7, 11) is 0. The van der Waals surface area contributed by atoms with Crippen LogP contribution in [0.4, 0.5) is 8.78 Å². The summed E-state index contributed by atoms with van der Waals surface area (Å²) in [6.07, 6.45) is -0.232. The Balaban J connectivity index is 2.38. The van der Waals surface area contributed by atoms with E-state index in [1.54, 1.807) is 24.3 Å². The van der Waals surface area contributed by atoms with Gasteiger partial charge in [0.25, 0.3) is 0 Å². The number of hydrogen-bond donors (Lipinski definition) is 1. The maximum absolute atomic E-state index is 13.6. The van der Waals surface area contributed by atoms with Crippen molar-refractivity contribution >= 4 is 21.9 Å². The number of halogens is 3. The maximum atomic E-state index is 13.6. The molecule has 20 heavy (non-hydrogen) atoms. The molecule has 2 aromatic rings. The minimum Gasteiger partial charge on any atom is -0.481 e. The van der Waals surface area contributed by atoms with Crippen LogP contribution in [-0.4, -0.2) is 11.1 Å². The van der Waals surface area contributed by atoms with Crippen LogP contribution in [-0.2, 0) is 11.2 Å². The summed E-state index contributed by atoms with van der Waals surface area (Å²) in [5.41, 5.74) is 0.286. The zero-order chi connectivity index (χ0) is 14.7. The molecule has 104 valence electrons. The first kappa shape index (κ1) is 14.7. The lowest BCUT2D eigenvalue weighted by Crippen LogP contribution is -2.16. The first-order valence-electron chi connectivity index (χ1n) is 5.90. The minimum absolute atomic E-state index is 0.208. The Morgan fingerprint density at radius 3 is 2.30 bits per heavy atom. The van der Waals surface area contributed by atoms with Gasteiger partial charge in [-0.1, -0.05) is 34.1 Å². The molecule has 1 unspecified atom stereocenters. The molecule has 1 N–H and O–H groups in total. The number of hydrogen-bond acceptors (Lipinski definition) is 1. The highest BCUT2D eigenvalue weighted by Crippen LogP contribution is 2.26. The molecule has 0 bridgehead atoms. The predicted molar refractivity (Wildman–Crippen MR) is 74.6 cm³/mol. The van der Waals surface area contributed by atoms with E-state index in [1.165, 1.54) is 6.07 Å². The average molecular weight is 341 g/mol. The van der Waals surface area contributed by atoms with Gasteiger partial charge in [-0.05, 0) is 36.2 Å². The second-order valence-corrected chi connectivity index (χ2v) is 5.27. The molecular formula is C15H11BrF2O2. The van der Waals surface area contributed by atoms with Gasteiger partial charge < -0.3 is 5.11 Å². The van der Waals surface area contributed by atoms with Gasteiger partial charge >= 0.3 is 5.97 Å². The standard InChI is InChI=1S/C15H11BrF2O2/c16-10-4-1-3-9(7-10)11(15(19)20)8-12-13(17)5-2-6-14(12)18/h1-7,11H,8H2,(H,19,20). The van der Waals surface area contributed by atoms with Gasteiger partial charge in [0.15, 0.2) is 0 Å². The van der Waals surface area contributed by atoms with Gasteiger partial charge in [0, 0.05) is 10.0 Å². The van der Waals surface area contributed by atoms with Crippen LogP contribution >= 0.6 is 15.9 Å². The number of carbonyl (C=O) groups is 1. The largest absolute Gasteiger partial charge is 0.481 e. The SMILES string of the molecule is O=C(O)C(Cc1c(F)cccc1F)c1cccc(Br)c1. The van der Waals surface area contributed by atoms with E-state index < -0.39 is 23.5 Å². The number of carboxylic acid groups (broad SMARTS) is 1. The molecule has 1 atom stereocenters. The molecular weight excluding hydrogens is 330 g/mol. The Hall–Kier alpha value is -1.75. The summed E-state index contributed by atoms with van der Waals surface area (Å²) in [4.78, 5) is 11.4. The van der Waals surface area contributed by atoms with Crippen LogP contribution in [0.2, 0.25) is 0 Å². The maximum Gasteiger partial charge on any atom is 0.311 e. The highest BCUT2D eigenvalue weighted by molar-refractivity contribution is 9.10. The third-order valence-corrected chi connectivity index (χ3v) is 3.51. The van der Waals surface area contributed by atoms with Crippen LogP contribution in [0.5, 0.6) is 0 Å². The molecule has 2 rings (SSSR count). The zero-order valence-electron chi connectivity index (χ0n) is 10.3. The van der Waals surface area contributed by atoms with Crippen LogP contribution < -0.4 is 0 Å².